The SMILES string of the molecule is COc1ccc(CCO[C@H]2CCCC[C@H]2N2CC[C@H](C)C2)cc1OC. The summed E-state index contributed by atoms with van der Waals surface area (Å²) in [6.07, 6.45) is 7.83. The van der Waals surface area contributed by atoms with Crippen LogP contribution in [0.25, 0.3) is 0 Å². The van der Waals surface area contributed by atoms with E-state index in [1.807, 2.05) is 6.07 Å². The van der Waals surface area contributed by atoms with Gasteiger partial charge in [-0.3, -0.25) is 4.90 Å². The van der Waals surface area contributed by atoms with Gasteiger partial charge in [0, 0.05) is 12.6 Å². The number of hydrogen-bond acceptors (Lipinski definition) is 4. The Kier molecular flexibility index (Phi) is 6.60. The first kappa shape index (κ1) is 18.5. The maximum absolute atomic E-state index is 6.36. The highest BCUT2D eigenvalue weighted by molar-refractivity contribution is 5.42. The van der Waals surface area contributed by atoms with Crippen LogP contribution in [0.5, 0.6) is 11.5 Å². The van der Waals surface area contributed by atoms with E-state index in [0.29, 0.717) is 12.1 Å². The molecular weight excluding hydrogens is 314 g/mol. The van der Waals surface area contributed by atoms with Gasteiger partial charge in [0.15, 0.2) is 11.5 Å². The summed E-state index contributed by atoms with van der Waals surface area (Å²) in [6, 6.07) is 6.76. The fraction of sp³-hybridized carbons (Fsp3) is 0.714. The zero-order valence-corrected chi connectivity index (χ0v) is 16.0. The average molecular weight is 347 g/mol. The third kappa shape index (κ3) is 4.68. The first-order valence-electron chi connectivity index (χ1n) is 9.78. The van der Waals surface area contributed by atoms with Gasteiger partial charge < -0.3 is 14.2 Å². The van der Waals surface area contributed by atoms with Crippen molar-refractivity contribution in [2.75, 3.05) is 33.9 Å². The quantitative estimate of drug-likeness (QED) is 0.748. The molecule has 0 unspecified atom stereocenters. The van der Waals surface area contributed by atoms with E-state index in [1.54, 1.807) is 14.2 Å². The Hall–Kier alpha value is -1.26. The minimum atomic E-state index is 0.402. The van der Waals surface area contributed by atoms with E-state index >= 15 is 0 Å². The molecule has 140 valence electrons. The third-order valence-electron chi connectivity index (χ3n) is 5.76. The predicted octanol–water partition coefficient (Wildman–Crippen LogP) is 3.92. The van der Waals surface area contributed by atoms with Crippen molar-refractivity contribution >= 4 is 0 Å². The average Bonchev–Trinajstić information content (AvgIpc) is 3.08. The highest BCUT2D eigenvalue weighted by Gasteiger charge is 2.33. The molecule has 2 fully saturated rings. The Morgan fingerprint density at radius 1 is 1.04 bits per heavy atom. The number of benzene rings is 1. The maximum atomic E-state index is 6.36. The molecule has 3 atom stereocenters. The van der Waals surface area contributed by atoms with Crippen LogP contribution in [0, 0.1) is 5.92 Å². The van der Waals surface area contributed by atoms with Gasteiger partial charge in [0.1, 0.15) is 0 Å². The molecule has 2 aliphatic rings. The number of ether oxygens (including phenoxy) is 3. The highest BCUT2D eigenvalue weighted by atomic mass is 16.5. The first-order chi connectivity index (χ1) is 12.2. The minimum absolute atomic E-state index is 0.402. The van der Waals surface area contributed by atoms with Gasteiger partial charge in [-0.1, -0.05) is 25.8 Å². The van der Waals surface area contributed by atoms with Gasteiger partial charge >= 0.3 is 0 Å². The van der Waals surface area contributed by atoms with Crippen molar-refractivity contribution in [3.8, 4) is 11.5 Å². The molecule has 1 aliphatic carbocycles. The topological polar surface area (TPSA) is 30.9 Å². The summed E-state index contributed by atoms with van der Waals surface area (Å²) in [5.74, 6) is 2.42. The van der Waals surface area contributed by atoms with Crippen LogP contribution in [0.2, 0.25) is 0 Å². The molecule has 1 saturated heterocycles. The van der Waals surface area contributed by atoms with E-state index in [9.17, 15) is 0 Å². The van der Waals surface area contributed by atoms with Crippen LogP contribution in [-0.2, 0) is 11.2 Å². The first-order valence-corrected chi connectivity index (χ1v) is 9.78. The number of likely N-dealkylation sites (tertiary alicyclic amines) is 1. The zero-order valence-electron chi connectivity index (χ0n) is 16.0. The monoisotopic (exact) mass is 347 g/mol. The second kappa shape index (κ2) is 8.91. The van der Waals surface area contributed by atoms with Crippen LogP contribution in [0.3, 0.4) is 0 Å². The van der Waals surface area contributed by atoms with Crippen molar-refractivity contribution in [1.82, 2.24) is 4.90 Å². The van der Waals surface area contributed by atoms with E-state index in [0.717, 1.165) is 30.4 Å². The van der Waals surface area contributed by atoms with E-state index in [2.05, 4.69) is 24.0 Å². The summed E-state index contributed by atoms with van der Waals surface area (Å²) in [4.78, 5) is 2.69. The Bertz CT molecular complexity index is 548. The van der Waals surface area contributed by atoms with Gasteiger partial charge in [-0.15, -0.1) is 0 Å². The Labute approximate surface area is 152 Å². The summed E-state index contributed by atoms with van der Waals surface area (Å²) < 4.78 is 17.1. The molecule has 1 aromatic rings. The molecule has 0 aromatic heterocycles. The molecule has 4 heteroatoms. The molecule has 0 N–H and O–H groups in total. The van der Waals surface area contributed by atoms with Crippen molar-refractivity contribution in [2.45, 2.75) is 57.6 Å². The number of nitrogens with zero attached hydrogens (tertiary/aromatic N) is 1. The second-order valence-corrected chi connectivity index (χ2v) is 7.59. The summed E-state index contributed by atoms with van der Waals surface area (Å²) in [6.45, 7) is 5.65. The van der Waals surface area contributed by atoms with E-state index in [4.69, 9.17) is 14.2 Å². The number of methoxy groups -OCH3 is 2. The molecular formula is C21H33NO3. The Morgan fingerprint density at radius 3 is 2.56 bits per heavy atom. The van der Waals surface area contributed by atoms with Gasteiger partial charge in [-0.2, -0.15) is 0 Å². The van der Waals surface area contributed by atoms with Crippen LogP contribution < -0.4 is 9.47 Å². The van der Waals surface area contributed by atoms with Crippen molar-refractivity contribution in [2.24, 2.45) is 5.92 Å². The molecule has 1 aliphatic heterocycles. The molecule has 3 rings (SSSR count). The van der Waals surface area contributed by atoms with Crippen molar-refractivity contribution in [3.63, 3.8) is 0 Å². The van der Waals surface area contributed by atoms with Crippen LogP contribution in [0.15, 0.2) is 18.2 Å². The van der Waals surface area contributed by atoms with Crippen molar-refractivity contribution in [3.05, 3.63) is 23.8 Å². The summed E-state index contributed by atoms with van der Waals surface area (Å²) >= 11 is 0. The van der Waals surface area contributed by atoms with Crippen LogP contribution in [-0.4, -0.2) is 51.0 Å². The zero-order chi connectivity index (χ0) is 17.6. The van der Waals surface area contributed by atoms with Gasteiger partial charge in [-0.05, 0) is 55.8 Å². The molecule has 0 spiro atoms. The Balaban J connectivity index is 1.53. The summed E-state index contributed by atoms with van der Waals surface area (Å²) in [5, 5.41) is 0. The molecule has 0 radical (unpaired) electrons. The predicted molar refractivity (Wildman–Crippen MR) is 101 cm³/mol. The lowest BCUT2D eigenvalue weighted by Gasteiger charge is -2.38. The lowest BCUT2D eigenvalue weighted by atomic mass is 9.91. The molecule has 1 aromatic carbocycles. The fourth-order valence-electron chi connectivity index (χ4n) is 4.32. The van der Waals surface area contributed by atoms with Crippen LogP contribution in [0.4, 0.5) is 0 Å². The molecule has 25 heavy (non-hydrogen) atoms. The summed E-state index contributed by atoms with van der Waals surface area (Å²) in [5.41, 5.74) is 1.24. The fourth-order valence-corrected chi connectivity index (χ4v) is 4.32. The lowest BCUT2D eigenvalue weighted by Crippen LogP contribution is -2.45. The molecule has 0 bridgehead atoms. The smallest absolute Gasteiger partial charge is 0.160 e. The normalized spacial score (nSPS) is 27.4. The summed E-state index contributed by atoms with van der Waals surface area (Å²) in [7, 11) is 3.35. The van der Waals surface area contributed by atoms with E-state index in [1.165, 1.54) is 50.8 Å². The van der Waals surface area contributed by atoms with Gasteiger partial charge in [0.25, 0.3) is 0 Å². The van der Waals surface area contributed by atoms with Gasteiger partial charge in [-0.25, -0.2) is 0 Å². The number of hydrogen-bond donors (Lipinski definition) is 0. The molecule has 0 amide bonds. The molecule has 1 saturated carbocycles. The van der Waals surface area contributed by atoms with Crippen molar-refractivity contribution < 1.29 is 14.2 Å². The highest BCUT2D eigenvalue weighted by Crippen LogP contribution is 2.30. The van der Waals surface area contributed by atoms with Gasteiger partial charge in [0.05, 0.1) is 26.9 Å². The van der Waals surface area contributed by atoms with Crippen molar-refractivity contribution in [1.29, 1.82) is 0 Å². The van der Waals surface area contributed by atoms with Gasteiger partial charge in [0.2, 0.25) is 0 Å². The van der Waals surface area contributed by atoms with Crippen LogP contribution in [0.1, 0.15) is 44.6 Å². The third-order valence-corrected chi connectivity index (χ3v) is 5.76. The minimum Gasteiger partial charge on any atom is -0.493 e. The Morgan fingerprint density at radius 2 is 1.84 bits per heavy atom. The maximum Gasteiger partial charge on any atom is 0.160 e. The van der Waals surface area contributed by atoms with E-state index in [-0.39, 0.29) is 0 Å². The lowest BCUT2D eigenvalue weighted by molar-refractivity contribution is -0.0298. The molecule has 4 nitrogen and oxygen atoms in total. The second-order valence-electron chi connectivity index (χ2n) is 7.59. The van der Waals surface area contributed by atoms with Crippen LogP contribution >= 0.6 is 0 Å². The standard InChI is InChI=1S/C21H33NO3/c1-16-10-12-22(15-16)18-6-4-5-7-19(18)25-13-11-17-8-9-20(23-2)21(14-17)24-3/h8-9,14,16,18-19H,4-7,10-13,15H2,1-3H3/t16-,18+,19-/m0/s1. The largest absolute Gasteiger partial charge is 0.493 e. The number of rotatable bonds is 7. The molecule has 1 heterocycles. The van der Waals surface area contributed by atoms with E-state index < -0.39 is 0 Å².